The van der Waals surface area contributed by atoms with Crippen LogP contribution < -0.4 is 14.8 Å². The standard InChI is InChI=1S/C21H26N2O5S/c1-15-12-19(9-10-20(15)28-3)29(25,26)23-11-5-6-16(14-23)21(24)22-17-7-4-8-18(13-17)27-2/h4,7-10,12-13,16H,5-6,11,14H2,1-3H3,(H,22,24)/t16-/m1/s1. The molecule has 1 atom stereocenters. The van der Waals surface area contributed by atoms with Crippen LogP contribution in [-0.4, -0.2) is 45.9 Å². The van der Waals surface area contributed by atoms with Crippen molar-refractivity contribution in [1.82, 2.24) is 4.31 Å². The Labute approximate surface area is 171 Å². The third-order valence-electron chi connectivity index (χ3n) is 5.10. The molecule has 29 heavy (non-hydrogen) atoms. The number of carbonyl (C=O) groups is 1. The zero-order chi connectivity index (χ0) is 21.0. The maximum absolute atomic E-state index is 13.1. The summed E-state index contributed by atoms with van der Waals surface area (Å²) in [6.45, 7) is 2.36. The van der Waals surface area contributed by atoms with E-state index in [1.54, 1.807) is 63.6 Å². The maximum Gasteiger partial charge on any atom is 0.243 e. The van der Waals surface area contributed by atoms with Gasteiger partial charge in [-0.15, -0.1) is 0 Å². The van der Waals surface area contributed by atoms with E-state index in [1.807, 2.05) is 0 Å². The number of hydrogen-bond acceptors (Lipinski definition) is 5. The molecule has 1 heterocycles. The summed E-state index contributed by atoms with van der Waals surface area (Å²) in [5.74, 6) is 0.678. The van der Waals surface area contributed by atoms with Crippen LogP contribution in [0.1, 0.15) is 18.4 Å². The molecule has 2 aromatic rings. The van der Waals surface area contributed by atoms with Crippen LogP contribution in [0, 0.1) is 12.8 Å². The van der Waals surface area contributed by atoms with E-state index in [9.17, 15) is 13.2 Å². The van der Waals surface area contributed by atoms with Gasteiger partial charge in [0.15, 0.2) is 0 Å². The molecule has 0 aliphatic carbocycles. The van der Waals surface area contributed by atoms with Crippen LogP contribution >= 0.6 is 0 Å². The van der Waals surface area contributed by atoms with E-state index >= 15 is 0 Å². The summed E-state index contributed by atoms with van der Waals surface area (Å²) in [5, 5.41) is 2.87. The smallest absolute Gasteiger partial charge is 0.243 e. The van der Waals surface area contributed by atoms with Crippen molar-refractivity contribution in [3.05, 3.63) is 48.0 Å². The highest BCUT2D eigenvalue weighted by Crippen LogP contribution is 2.28. The van der Waals surface area contributed by atoms with E-state index in [-0.39, 0.29) is 17.3 Å². The normalized spacial score (nSPS) is 17.6. The predicted octanol–water partition coefficient (Wildman–Crippen LogP) is 3.05. The Morgan fingerprint density at radius 2 is 1.93 bits per heavy atom. The molecule has 2 aromatic carbocycles. The van der Waals surface area contributed by atoms with Gasteiger partial charge in [-0.2, -0.15) is 4.31 Å². The molecule has 7 nitrogen and oxygen atoms in total. The van der Waals surface area contributed by atoms with Crippen LogP contribution in [0.4, 0.5) is 5.69 Å². The van der Waals surface area contributed by atoms with Gasteiger partial charge in [0.1, 0.15) is 11.5 Å². The molecule has 1 aliphatic rings. The zero-order valence-electron chi connectivity index (χ0n) is 16.8. The average molecular weight is 419 g/mol. The summed E-state index contributed by atoms with van der Waals surface area (Å²) in [6, 6.07) is 11.9. The highest BCUT2D eigenvalue weighted by molar-refractivity contribution is 7.89. The molecular formula is C21H26N2O5S. The fraction of sp³-hybridized carbons (Fsp3) is 0.381. The van der Waals surface area contributed by atoms with Crippen LogP contribution in [-0.2, 0) is 14.8 Å². The molecule has 0 unspecified atom stereocenters. The minimum absolute atomic E-state index is 0.156. The Morgan fingerprint density at radius 3 is 2.62 bits per heavy atom. The number of sulfonamides is 1. The van der Waals surface area contributed by atoms with Gasteiger partial charge in [-0.1, -0.05) is 6.07 Å². The quantitative estimate of drug-likeness (QED) is 0.779. The molecular weight excluding hydrogens is 392 g/mol. The van der Waals surface area contributed by atoms with Crippen molar-refractivity contribution in [2.45, 2.75) is 24.7 Å². The number of methoxy groups -OCH3 is 2. The number of piperidine rings is 1. The van der Waals surface area contributed by atoms with Crippen molar-refractivity contribution in [2.24, 2.45) is 5.92 Å². The van der Waals surface area contributed by atoms with Gasteiger partial charge in [-0.05, 0) is 55.7 Å². The minimum Gasteiger partial charge on any atom is -0.497 e. The first-order chi connectivity index (χ1) is 13.8. The fourth-order valence-electron chi connectivity index (χ4n) is 3.48. The summed E-state index contributed by atoms with van der Waals surface area (Å²) in [5.41, 5.74) is 1.37. The first-order valence-electron chi connectivity index (χ1n) is 9.45. The van der Waals surface area contributed by atoms with E-state index in [4.69, 9.17) is 9.47 Å². The van der Waals surface area contributed by atoms with Gasteiger partial charge in [0.05, 0.1) is 25.0 Å². The first-order valence-corrected chi connectivity index (χ1v) is 10.9. The number of nitrogens with zero attached hydrogens (tertiary/aromatic N) is 1. The molecule has 0 bridgehead atoms. The van der Waals surface area contributed by atoms with E-state index in [0.29, 0.717) is 36.6 Å². The van der Waals surface area contributed by atoms with Gasteiger partial charge in [-0.3, -0.25) is 4.79 Å². The number of nitrogens with one attached hydrogen (secondary N) is 1. The van der Waals surface area contributed by atoms with E-state index in [0.717, 1.165) is 5.56 Å². The second kappa shape index (κ2) is 8.84. The molecule has 0 saturated carbocycles. The molecule has 1 fully saturated rings. The fourth-order valence-corrected chi connectivity index (χ4v) is 5.09. The van der Waals surface area contributed by atoms with E-state index in [1.165, 1.54) is 4.31 Å². The third kappa shape index (κ3) is 4.71. The van der Waals surface area contributed by atoms with Crippen molar-refractivity contribution in [3.8, 4) is 11.5 Å². The topological polar surface area (TPSA) is 84.9 Å². The summed E-state index contributed by atoms with van der Waals surface area (Å²) >= 11 is 0. The number of amides is 1. The van der Waals surface area contributed by atoms with Gasteiger partial charge in [-0.25, -0.2) is 8.42 Å². The molecule has 1 aliphatic heterocycles. The highest BCUT2D eigenvalue weighted by Gasteiger charge is 2.33. The van der Waals surface area contributed by atoms with Gasteiger partial charge < -0.3 is 14.8 Å². The van der Waals surface area contributed by atoms with E-state index in [2.05, 4.69) is 5.32 Å². The van der Waals surface area contributed by atoms with Crippen LogP contribution in [0.25, 0.3) is 0 Å². The molecule has 0 radical (unpaired) electrons. The van der Waals surface area contributed by atoms with Crippen molar-refractivity contribution >= 4 is 21.6 Å². The molecule has 0 aromatic heterocycles. The van der Waals surface area contributed by atoms with Crippen LogP contribution in [0.5, 0.6) is 11.5 Å². The van der Waals surface area contributed by atoms with Crippen LogP contribution in [0.2, 0.25) is 0 Å². The van der Waals surface area contributed by atoms with Crippen molar-refractivity contribution in [1.29, 1.82) is 0 Å². The van der Waals surface area contributed by atoms with Crippen molar-refractivity contribution in [2.75, 3.05) is 32.6 Å². The zero-order valence-corrected chi connectivity index (χ0v) is 17.7. The van der Waals surface area contributed by atoms with Crippen molar-refractivity contribution in [3.63, 3.8) is 0 Å². The number of aryl methyl sites for hydroxylation is 1. The lowest BCUT2D eigenvalue weighted by molar-refractivity contribution is -0.120. The van der Waals surface area contributed by atoms with E-state index < -0.39 is 15.9 Å². The maximum atomic E-state index is 13.1. The van der Waals surface area contributed by atoms with Gasteiger partial charge in [0, 0.05) is 24.8 Å². The number of ether oxygens (including phenoxy) is 2. The Hall–Kier alpha value is -2.58. The predicted molar refractivity (Wildman–Crippen MR) is 111 cm³/mol. The Balaban J connectivity index is 1.73. The van der Waals surface area contributed by atoms with Crippen LogP contribution in [0.3, 0.4) is 0 Å². The first kappa shape index (κ1) is 21.1. The van der Waals surface area contributed by atoms with Gasteiger partial charge in [0.2, 0.25) is 15.9 Å². The molecule has 156 valence electrons. The number of benzene rings is 2. The SMILES string of the molecule is COc1cccc(NC(=O)[C@@H]2CCCN(S(=O)(=O)c3ccc(OC)c(C)c3)C2)c1. The Morgan fingerprint density at radius 1 is 1.14 bits per heavy atom. The van der Waals surface area contributed by atoms with Gasteiger partial charge >= 0.3 is 0 Å². The summed E-state index contributed by atoms with van der Waals surface area (Å²) in [6.07, 6.45) is 1.27. The molecule has 8 heteroatoms. The monoisotopic (exact) mass is 418 g/mol. The number of anilines is 1. The van der Waals surface area contributed by atoms with Crippen molar-refractivity contribution < 1.29 is 22.7 Å². The second-order valence-electron chi connectivity index (χ2n) is 7.05. The lowest BCUT2D eigenvalue weighted by Gasteiger charge is -2.31. The number of hydrogen-bond donors (Lipinski definition) is 1. The number of rotatable bonds is 6. The molecule has 3 rings (SSSR count). The summed E-state index contributed by atoms with van der Waals surface area (Å²) < 4.78 is 37.9. The Bertz CT molecular complexity index is 990. The van der Waals surface area contributed by atoms with Gasteiger partial charge in [0.25, 0.3) is 0 Å². The molecule has 1 amide bonds. The average Bonchev–Trinajstić information content (AvgIpc) is 2.73. The minimum atomic E-state index is -3.68. The third-order valence-corrected chi connectivity index (χ3v) is 6.96. The lowest BCUT2D eigenvalue weighted by atomic mass is 9.98. The lowest BCUT2D eigenvalue weighted by Crippen LogP contribution is -2.43. The molecule has 1 saturated heterocycles. The number of carbonyl (C=O) groups excluding carboxylic acids is 1. The molecule has 0 spiro atoms. The second-order valence-corrected chi connectivity index (χ2v) is 8.99. The molecule has 1 N–H and O–H groups in total. The van der Waals surface area contributed by atoms with Crippen LogP contribution in [0.15, 0.2) is 47.4 Å². The largest absolute Gasteiger partial charge is 0.497 e. The Kier molecular flexibility index (Phi) is 6.44. The highest BCUT2D eigenvalue weighted by atomic mass is 32.2. The summed E-state index contributed by atoms with van der Waals surface area (Å²) in [7, 11) is -0.572. The summed E-state index contributed by atoms with van der Waals surface area (Å²) in [4.78, 5) is 12.9.